The summed E-state index contributed by atoms with van der Waals surface area (Å²) in [6.45, 7) is 5.25. The van der Waals surface area contributed by atoms with Gasteiger partial charge in [-0.05, 0) is 38.0 Å². The van der Waals surface area contributed by atoms with E-state index in [2.05, 4.69) is 0 Å². The number of carboxylic acid groups (broad SMARTS) is 1. The van der Waals surface area contributed by atoms with Gasteiger partial charge >= 0.3 is 0 Å². The van der Waals surface area contributed by atoms with Crippen LogP contribution >= 0.6 is 0 Å². The number of carbonyl (C=O) groups is 1. The molecule has 0 saturated carbocycles. The summed E-state index contributed by atoms with van der Waals surface area (Å²) in [5, 5.41) is 10.5. The van der Waals surface area contributed by atoms with E-state index in [1.807, 2.05) is 32.0 Å². The van der Waals surface area contributed by atoms with Crippen LogP contribution in [0.2, 0.25) is 0 Å². The summed E-state index contributed by atoms with van der Waals surface area (Å²) in [4.78, 5) is 10.5. The van der Waals surface area contributed by atoms with E-state index in [0.29, 0.717) is 5.75 Å². The predicted molar refractivity (Wildman–Crippen MR) is 51.0 cm³/mol. The molecule has 0 saturated heterocycles. The Morgan fingerprint density at radius 3 is 2.64 bits per heavy atom. The number of aryl methyl sites for hydroxylation is 2. The van der Waals surface area contributed by atoms with Gasteiger partial charge in [-0.25, -0.2) is 0 Å². The summed E-state index contributed by atoms with van der Waals surface area (Å²) >= 11 is 0. The van der Waals surface area contributed by atoms with E-state index in [4.69, 9.17) is 4.74 Å². The second-order valence-electron chi connectivity index (χ2n) is 3.35. The van der Waals surface area contributed by atoms with Gasteiger partial charge in [-0.1, -0.05) is 12.1 Å². The fourth-order valence-electron chi connectivity index (χ4n) is 1.07. The van der Waals surface area contributed by atoms with Crippen molar-refractivity contribution in [2.24, 2.45) is 0 Å². The molecule has 1 aromatic carbocycles. The Hall–Kier alpha value is -1.51. The Morgan fingerprint density at radius 2 is 2.07 bits per heavy atom. The van der Waals surface area contributed by atoms with Gasteiger partial charge in [-0.3, -0.25) is 0 Å². The Labute approximate surface area is 83.3 Å². The van der Waals surface area contributed by atoms with Gasteiger partial charge in [0.2, 0.25) is 0 Å². The number of aliphatic carboxylic acids is 1. The van der Waals surface area contributed by atoms with E-state index in [1.165, 1.54) is 6.92 Å². The molecule has 3 nitrogen and oxygen atoms in total. The number of hydrogen-bond donors (Lipinski definition) is 0. The Balaban J connectivity index is 2.85. The number of benzene rings is 1. The molecule has 0 N–H and O–H groups in total. The molecule has 1 aromatic rings. The molecule has 0 aliphatic rings. The number of carboxylic acids is 1. The summed E-state index contributed by atoms with van der Waals surface area (Å²) in [6, 6.07) is 5.66. The lowest BCUT2D eigenvalue weighted by Crippen LogP contribution is -2.37. The lowest BCUT2D eigenvalue weighted by molar-refractivity contribution is -0.312. The van der Waals surface area contributed by atoms with E-state index in [9.17, 15) is 9.90 Å². The first-order chi connectivity index (χ1) is 6.50. The first kappa shape index (κ1) is 10.6. The number of hydrogen-bond acceptors (Lipinski definition) is 3. The van der Waals surface area contributed by atoms with Crippen molar-refractivity contribution in [3.05, 3.63) is 29.3 Å². The fourth-order valence-corrected chi connectivity index (χ4v) is 1.07. The standard InChI is InChI=1S/C11H14O3/c1-7-4-5-8(2)10(6-7)14-9(3)11(12)13/h4-6,9H,1-3H3,(H,12,13)/p-1. The van der Waals surface area contributed by atoms with Crippen LogP contribution in [0, 0.1) is 13.8 Å². The molecule has 0 heterocycles. The van der Waals surface area contributed by atoms with Crippen LogP contribution in [0.3, 0.4) is 0 Å². The van der Waals surface area contributed by atoms with Crippen molar-refractivity contribution in [1.29, 1.82) is 0 Å². The van der Waals surface area contributed by atoms with E-state index >= 15 is 0 Å². The average Bonchev–Trinajstić information content (AvgIpc) is 2.11. The first-order valence-electron chi connectivity index (χ1n) is 4.45. The van der Waals surface area contributed by atoms with Gasteiger partial charge in [0, 0.05) is 0 Å². The molecule has 76 valence electrons. The largest absolute Gasteiger partial charge is 0.546 e. The lowest BCUT2D eigenvalue weighted by Gasteiger charge is -2.17. The van der Waals surface area contributed by atoms with Crippen LogP contribution in [0.1, 0.15) is 18.1 Å². The van der Waals surface area contributed by atoms with Gasteiger partial charge in [0.25, 0.3) is 0 Å². The van der Waals surface area contributed by atoms with Gasteiger partial charge < -0.3 is 14.6 Å². The number of carbonyl (C=O) groups excluding carboxylic acids is 1. The van der Waals surface area contributed by atoms with Crippen molar-refractivity contribution in [2.75, 3.05) is 0 Å². The minimum absolute atomic E-state index is 0.599. The maximum atomic E-state index is 10.5. The van der Waals surface area contributed by atoms with E-state index in [-0.39, 0.29) is 0 Å². The third-order valence-electron chi connectivity index (χ3n) is 1.98. The maximum Gasteiger partial charge on any atom is 0.135 e. The fraction of sp³-hybridized carbons (Fsp3) is 0.364. The quantitative estimate of drug-likeness (QED) is 0.714. The van der Waals surface area contributed by atoms with Crippen LogP contribution in [0.15, 0.2) is 18.2 Å². The Bertz CT molecular complexity index is 344. The lowest BCUT2D eigenvalue weighted by atomic mass is 10.1. The monoisotopic (exact) mass is 193 g/mol. The molecule has 0 radical (unpaired) electrons. The molecule has 0 aliphatic heterocycles. The number of rotatable bonds is 3. The Morgan fingerprint density at radius 1 is 1.43 bits per heavy atom. The van der Waals surface area contributed by atoms with Crippen molar-refractivity contribution < 1.29 is 14.6 Å². The maximum absolute atomic E-state index is 10.5. The summed E-state index contributed by atoms with van der Waals surface area (Å²) in [5.41, 5.74) is 1.96. The van der Waals surface area contributed by atoms with E-state index in [1.54, 1.807) is 0 Å². The van der Waals surface area contributed by atoms with E-state index < -0.39 is 12.1 Å². The molecule has 1 unspecified atom stereocenters. The molecular weight excluding hydrogens is 180 g/mol. The second kappa shape index (κ2) is 4.13. The van der Waals surface area contributed by atoms with Gasteiger partial charge in [0.15, 0.2) is 0 Å². The highest BCUT2D eigenvalue weighted by Crippen LogP contribution is 2.20. The minimum atomic E-state index is -1.20. The number of ether oxygens (including phenoxy) is 1. The smallest absolute Gasteiger partial charge is 0.135 e. The van der Waals surface area contributed by atoms with Crippen LogP contribution < -0.4 is 9.84 Å². The summed E-state index contributed by atoms with van der Waals surface area (Å²) < 4.78 is 5.23. The van der Waals surface area contributed by atoms with Crippen LogP contribution in [-0.2, 0) is 4.79 Å². The minimum Gasteiger partial charge on any atom is -0.546 e. The summed E-state index contributed by atoms with van der Waals surface area (Å²) in [6.07, 6.45) is -0.921. The Kier molecular flexibility index (Phi) is 3.12. The van der Waals surface area contributed by atoms with Crippen molar-refractivity contribution >= 4 is 5.97 Å². The molecule has 0 amide bonds. The van der Waals surface area contributed by atoms with Crippen LogP contribution in [0.25, 0.3) is 0 Å². The molecule has 1 atom stereocenters. The van der Waals surface area contributed by atoms with Gasteiger partial charge in [-0.2, -0.15) is 0 Å². The van der Waals surface area contributed by atoms with Crippen LogP contribution in [0.5, 0.6) is 5.75 Å². The second-order valence-corrected chi connectivity index (χ2v) is 3.35. The molecule has 0 spiro atoms. The highest BCUT2D eigenvalue weighted by Gasteiger charge is 2.06. The third-order valence-corrected chi connectivity index (χ3v) is 1.98. The van der Waals surface area contributed by atoms with Crippen LogP contribution in [0.4, 0.5) is 0 Å². The predicted octanol–water partition coefficient (Wildman–Crippen LogP) is 0.821. The van der Waals surface area contributed by atoms with Crippen molar-refractivity contribution in [1.82, 2.24) is 0 Å². The zero-order valence-electron chi connectivity index (χ0n) is 8.53. The molecule has 14 heavy (non-hydrogen) atoms. The van der Waals surface area contributed by atoms with Crippen LogP contribution in [-0.4, -0.2) is 12.1 Å². The van der Waals surface area contributed by atoms with Crippen molar-refractivity contribution in [3.63, 3.8) is 0 Å². The molecule has 0 aliphatic carbocycles. The zero-order valence-corrected chi connectivity index (χ0v) is 8.53. The molecule has 0 aromatic heterocycles. The van der Waals surface area contributed by atoms with E-state index in [0.717, 1.165) is 11.1 Å². The first-order valence-corrected chi connectivity index (χ1v) is 4.45. The molecular formula is C11H13O3-. The van der Waals surface area contributed by atoms with Crippen molar-refractivity contribution in [2.45, 2.75) is 26.9 Å². The highest BCUT2D eigenvalue weighted by atomic mass is 16.5. The highest BCUT2D eigenvalue weighted by molar-refractivity contribution is 5.70. The summed E-state index contributed by atoms with van der Waals surface area (Å²) in [7, 11) is 0. The van der Waals surface area contributed by atoms with Gasteiger partial charge in [0.1, 0.15) is 11.9 Å². The molecule has 1 rings (SSSR count). The third kappa shape index (κ3) is 2.49. The SMILES string of the molecule is Cc1ccc(C)c(OC(C)C(=O)[O-])c1. The normalized spacial score (nSPS) is 12.2. The van der Waals surface area contributed by atoms with Gasteiger partial charge in [0.05, 0.1) is 5.97 Å². The molecule has 0 bridgehead atoms. The molecule has 3 heteroatoms. The van der Waals surface area contributed by atoms with Gasteiger partial charge in [-0.15, -0.1) is 0 Å². The van der Waals surface area contributed by atoms with Crippen molar-refractivity contribution in [3.8, 4) is 5.75 Å². The topological polar surface area (TPSA) is 49.4 Å². The zero-order chi connectivity index (χ0) is 10.7. The summed E-state index contributed by atoms with van der Waals surface area (Å²) in [5.74, 6) is -0.604. The molecule has 0 fully saturated rings. The average molecular weight is 193 g/mol.